The molecule has 10 heteroatoms. The van der Waals surface area contributed by atoms with Gasteiger partial charge in [-0.2, -0.15) is 0 Å². The fraction of sp³-hybridized carbons (Fsp3) is 0.435. The molecule has 0 bridgehead atoms. The number of hydrogen-bond donors (Lipinski definition) is 3. The normalized spacial score (nSPS) is 11.8. The van der Waals surface area contributed by atoms with Crippen molar-refractivity contribution in [1.82, 2.24) is 20.9 Å². The predicted molar refractivity (Wildman–Crippen MR) is 138 cm³/mol. The molecular formula is C23H33FIN5O3. The van der Waals surface area contributed by atoms with Gasteiger partial charge in [0.25, 0.3) is 0 Å². The van der Waals surface area contributed by atoms with Crippen LogP contribution in [0.25, 0.3) is 0 Å². The number of guanidine groups is 1. The summed E-state index contributed by atoms with van der Waals surface area (Å²) < 4.78 is 24.5. The third kappa shape index (κ3) is 10.7. The Labute approximate surface area is 211 Å². The molecule has 0 atom stereocenters. The van der Waals surface area contributed by atoms with E-state index in [9.17, 15) is 9.18 Å². The molecule has 2 aromatic rings. The fourth-order valence-corrected chi connectivity index (χ4v) is 2.62. The maximum absolute atomic E-state index is 13.4. The van der Waals surface area contributed by atoms with Gasteiger partial charge >= 0.3 is 6.09 Å². The van der Waals surface area contributed by atoms with Crippen LogP contribution in [-0.2, 0) is 11.3 Å². The van der Waals surface area contributed by atoms with Crippen molar-refractivity contribution in [3.05, 3.63) is 54.0 Å². The van der Waals surface area contributed by atoms with Gasteiger partial charge in [0, 0.05) is 38.0 Å². The summed E-state index contributed by atoms with van der Waals surface area (Å²) in [7, 11) is 1.65. The first-order valence-electron chi connectivity index (χ1n) is 10.3. The molecule has 182 valence electrons. The van der Waals surface area contributed by atoms with E-state index in [-0.39, 0.29) is 29.8 Å². The van der Waals surface area contributed by atoms with Crippen LogP contribution in [-0.4, -0.2) is 41.8 Å². The molecule has 0 spiro atoms. The lowest BCUT2D eigenvalue weighted by Crippen LogP contribution is -2.54. The van der Waals surface area contributed by atoms with Gasteiger partial charge in [0.05, 0.1) is 5.54 Å². The minimum absolute atomic E-state index is 0. The second-order valence-corrected chi connectivity index (χ2v) is 8.82. The molecule has 1 aromatic carbocycles. The molecule has 2 rings (SSSR count). The molecule has 3 N–H and O–H groups in total. The van der Waals surface area contributed by atoms with Crippen LogP contribution in [0.2, 0.25) is 0 Å². The van der Waals surface area contributed by atoms with E-state index in [4.69, 9.17) is 9.47 Å². The van der Waals surface area contributed by atoms with Gasteiger partial charge in [-0.15, -0.1) is 24.0 Å². The first-order chi connectivity index (χ1) is 15.0. The molecular weight excluding hydrogens is 540 g/mol. The van der Waals surface area contributed by atoms with Crippen molar-refractivity contribution in [3.8, 4) is 11.6 Å². The van der Waals surface area contributed by atoms with Crippen molar-refractivity contribution in [3.63, 3.8) is 0 Å². The van der Waals surface area contributed by atoms with E-state index in [0.717, 1.165) is 5.56 Å². The lowest BCUT2D eigenvalue weighted by atomic mass is 10.1. The largest absolute Gasteiger partial charge is 0.444 e. The summed E-state index contributed by atoms with van der Waals surface area (Å²) in [5.41, 5.74) is -0.383. The minimum Gasteiger partial charge on any atom is -0.444 e. The maximum atomic E-state index is 13.4. The Kier molecular flexibility index (Phi) is 10.8. The minimum atomic E-state index is -0.583. The fourth-order valence-electron chi connectivity index (χ4n) is 2.62. The van der Waals surface area contributed by atoms with Crippen molar-refractivity contribution in [2.24, 2.45) is 4.99 Å². The van der Waals surface area contributed by atoms with Crippen molar-refractivity contribution in [2.75, 3.05) is 13.6 Å². The Balaban J connectivity index is 0.00000544. The number of nitrogens with one attached hydrogen (secondary N) is 3. The molecule has 1 amide bonds. The summed E-state index contributed by atoms with van der Waals surface area (Å²) >= 11 is 0. The molecule has 0 aliphatic rings. The van der Waals surface area contributed by atoms with Crippen LogP contribution in [0.3, 0.4) is 0 Å². The zero-order valence-corrected chi connectivity index (χ0v) is 22.2. The molecule has 0 saturated carbocycles. The zero-order valence-electron chi connectivity index (χ0n) is 19.9. The van der Waals surface area contributed by atoms with E-state index in [0.29, 0.717) is 30.7 Å². The number of aromatic nitrogens is 1. The second-order valence-electron chi connectivity index (χ2n) is 8.82. The molecule has 0 saturated heterocycles. The topological polar surface area (TPSA) is 96.9 Å². The number of nitrogens with zero attached hydrogens (tertiary/aromatic N) is 2. The van der Waals surface area contributed by atoms with E-state index >= 15 is 0 Å². The van der Waals surface area contributed by atoms with Crippen molar-refractivity contribution in [2.45, 2.75) is 52.3 Å². The zero-order chi connectivity index (χ0) is 23.8. The number of benzene rings is 1. The van der Waals surface area contributed by atoms with Crippen LogP contribution >= 0.6 is 24.0 Å². The van der Waals surface area contributed by atoms with Gasteiger partial charge in [0.1, 0.15) is 17.2 Å². The number of carbonyl (C=O) groups is 1. The number of carbonyl (C=O) groups excluding carboxylic acids is 1. The quantitative estimate of drug-likeness (QED) is 0.255. The highest BCUT2D eigenvalue weighted by Crippen LogP contribution is 2.23. The van der Waals surface area contributed by atoms with Gasteiger partial charge in [-0.3, -0.25) is 4.99 Å². The summed E-state index contributed by atoms with van der Waals surface area (Å²) in [4.78, 5) is 20.5. The van der Waals surface area contributed by atoms with Crippen molar-refractivity contribution >= 4 is 36.0 Å². The van der Waals surface area contributed by atoms with Gasteiger partial charge in [0.2, 0.25) is 5.88 Å². The van der Waals surface area contributed by atoms with Crippen molar-refractivity contribution in [1.29, 1.82) is 0 Å². The number of halogens is 2. The van der Waals surface area contributed by atoms with Gasteiger partial charge in [-0.1, -0.05) is 12.1 Å². The summed E-state index contributed by atoms with van der Waals surface area (Å²) in [6.45, 7) is 9.98. The van der Waals surface area contributed by atoms with Crippen LogP contribution in [0, 0.1) is 5.82 Å². The molecule has 1 aromatic heterocycles. The molecule has 0 unspecified atom stereocenters. The third-order valence-corrected chi connectivity index (χ3v) is 4.07. The summed E-state index contributed by atoms with van der Waals surface area (Å²) in [6, 6.07) is 9.53. The Hall–Kier alpha value is -2.63. The SMILES string of the molecule is CN=C(NCc1cccnc1Oc1cccc(F)c1)NCC(C)(C)NC(=O)OC(C)(C)C.I. The van der Waals surface area contributed by atoms with Gasteiger partial charge in [-0.25, -0.2) is 14.2 Å². The first-order valence-corrected chi connectivity index (χ1v) is 10.3. The molecule has 1 heterocycles. The van der Waals surface area contributed by atoms with Crippen LogP contribution in [0.15, 0.2) is 47.6 Å². The summed E-state index contributed by atoms with van der Waals surface area (Å²) in [5, 5.41) is 9.21. The van der Waals surface area contributed by atoms with E-state index in [1.807, 2.05) is 40.7 Å². The standard InChI is InChI=1S/C23H32FN5O3.HI/c1-22(2,3)32-21(30)29-23(4,5)15-28-20(25-6)27-14-16-9-8-12-26-19(16)31-18-11-7-10-17(24)13-18;/h7-13H,14-15H2,1-6H3,(H,29,30)(H2,25,27,28);1H. The molecule has 8 nitrogen and oxygen atoms in total. The number of aliphatic imine (C=N–C) groups is 1. The average molecular weight is 573 g/mol. The van der Waals surface area contributed by atoms with E-state index in [1.54, 1.807) is 31.4 Å². The number of pyridine rings is 1. The molecule has 0 fully saturated rings. The van der Waals surface area contributed by atoms with Crippen LogP contribution in [0.1, 0.15) is 40.2 Å². The molecule has 0 radical (unpaired) electrons. The number of amides is 1. The predicted octanol–water partition coefficient (Wildman–Crippen LogP) is 4.60. The summed E-state index contributed by atoms with van der Waals surface area (Å²) in [6.07, 6.45) is 1.12. The van der Waals surface area contributed by atoms with E-state index in [1.165, 1.54) is 12.1 Å². The highest BCUT2D eigenvalue weighted by molar-refractivity contribution is 14.0. The lowest BCUT2D eigenvalue weighted by molar-refractivity contribution is 0.0474. The number of ether oxygens (including phenoxy) is 2. The second kappa shape index (κ2) is 12.6. The Morgan fingerprint density at radius 3 is 2.48 bits per heavy atom. The van der Waals surface area contributed by atoms with Crippen LogP contribution in [0.5, 0.6) is 11.6 Å². The Bertz CT molecular complexity index is 948. The van der Waals surface area contributed by atoms with E-state index in [2.05, 4.69) is 25.9 Å². The molecule has 33 heavy (non-hydrogen) atoms. The summed E-state index contributed by atoms with van der Waals surface area (Å²) in [5.74, 6) is 0.880. The highest BCUT2D eigenvalue weighted by Gasteiger charge is 2.24. The van der Waals surface area contributed by atoms with Crippen LogP contribution in [0.4, 0.5) is 9.18 Å². The highest BCUT2D eigenvalue weighted by atomic mass is 127. The Morgan fingerprint density at radius 2 is 1.85 bits per heavy atom. The number of hydrogen-bond acceptors (Lipinski definition) is 5. The Morgan fingerprint density at radius 1 is 1.12 bits per heavy atom. The maximum Gasteiger partial charge on any atom is 0.408 e. The lowest BCUT2D eigenvalue weighted by Gasteiger charge is -2.29. The van der Waals surface area contributed by atoms with Gasteiger partial charge < -0.3 is 25.4 Å². The van der Waals surface area contributed by atoms with E-state index < -0.39 is 17.2 Å². The van der Waals surface area contributed by atoms with Crippen LogP contribution < -0.4 is 20.7 Å². The van der Waals surface area contributed by atoms with Gasteiger partial charge in [-0.05, 0) is 52.8 Å². The smallest absolute Gasteiger partial charge is 0.408 e. The average Bonchev–Trinajstić information content (AvgIpc) is 2.67. The molecule has 0 aliphatic carbocycles. The monoisotopic (exact) mass is 573 g/mol. The number of alkyl carbamates (subject to hydrolysis) is 1. The third-order valence-electron chi connectivity index (χ3n) is 4.07. The van der Waals surface area contributed by atoms with Crippen molar-refractivity contribution < 1.29 is 18.7 Å². The molecule has 0 aliphatic heterocycles. The first kappa shape index (κ1) is 28.4. The number of rotatable bonds is 7. The van der Waals surface area contributed by atoms with Gasteiger partial charge in [0.15, 0.2) is 5.96 Å².